The SMILES string of the molecule is CCOc1c(F)cccc1C(=O)NC1CC(N(CC)CC(=O)O)C1. The highest BCUT2D eigenvalue weighted by atomic mass is 19.1. The molecule has 24 heavy (non-hydrogen) atoms. The van der Waals surface area contributed by atoms with Gasteiger partial charge in [0, 0.05) is 12.1 Å². The quantitative estimate of drug-likeness (QED) is 0.757. The van der Waals surface area contributed by atoms with E-state index in [1.54, 1.807) is 6.92 Å². The van der Waals surface area contributed by atoms with Gasteiger partial charge in [-0.1, -0.05) is 13.0 Å². The predicted octanol–water partition coefficient (Wildman–Crippen LogP) is 1.89. The number of nitrogens with one attached hydrogen (secondary N) is 1. The van der Waals surface area contributed by atoms with Gasteiger partial charge in [0.2, 0.25) is 0 Å². The second-order valence-corrected chi connectivity index (χ2v) is 5.80. The predicted molar refractivity (Wildman–Crippen MR) is 86.7 cm³/mol. The first-order chi connectivity index (χ1) is 11.5. The Morgan fingerprint density at radius 3 is 2.67 bits per heavy atom. The first-order valence-corrected chi connectivity index (χ1v) is 8.14. The van der Waals surface area contributed by atoms with Crippen LogP contribution in [0.1, 0.15) is 37.0 Å². The summed E-state index contributed by atoms with van der Waals surface area (Å²) in [5.41, 5.74) is 0.179. The smallest absolute Gasteiger partial charge is 0.317 e. The van der Waals surface area contributed by atoms with Crippen molar-refractivity contribution in [2.24, 2.45) is 0 Å². The van der Waals surface area contributed by atoms with E-state index in [4.69, 9.17) is 9.84 Å². The zero-order valence-corrected chi connectivity index (χ0v) is 13.9. The first kappa shape index (κ1) is 18.2. The van der Waals surface area contributed by atoms with Gasteiger partial charge in [-0.05, 0) is 38.4 Å². The van der Waals surface area contributed by atoms with Gasteiger partial charge in [0.25, 0.3) is 5.91 Å². The third-order valence-electron chi connectivity index (χ3n) is 4.21. The van der Waals surface area contributed by atoms with Crippen LogP contribution in [0.3, 0.4) is 0 Å². The molecule has 1 aromatic carbocycles. The Kier molecular flexibility index (Phi) is 6.14. The largest absolute Gasteiger partial charge is 0.490 e. The van der Waals surface area contributed by atoms with Crippen molar-refractivity contribution in [3.8, 4) is 5.75 Å². The molecule has 0 bridgehead atoms. The lowest BCUT2D eigenvalue weighted by atomic mass is 9.85. The van der Waals surface area contributed by atoms with E-state index >= 15 is 0 Å². The molecule has 2 rings (SSSR count). The second kappa shape index (κ2) is 8.10. The molecule has 1 saturated carbocycles. The van der Waals surface area contributed by atoms with Crippen molar-refractivity contribution in [3.05, 3.63) is 29.6 Å². The molecule has 6 nitrogen and oxygen atoms in total. The van der Waals surface area contributed by atoms with Crippen LogP contribution in [0.5, 0.6) is 5.75 Å². The number of carbonyl (C=O) groups is 2. The molecule has 0 aromatic heterocycles. The summed E-state index contributed by atoms with van der Waals surface area (Å²) in [6.07, 6.45) is 1.37. The Labute approximate surface area is 140 Å². The van der Waals surface area contributed by atoms with Crippen molar-refractivity contribution < 1.29 is 23.8 Å². The summed E-state index contributed by atoms with van der Waals surface area (Å²) in [5.74, 6) is -1.82. The number of likely N-dealkylation sites (N-methyl/N-ethyl adjacent to an activating group) is 1. The number of amides is 1. The Balaban J connectivity index is 1.93. The normalized spacial score (nSPS) is 19.7. The van der Waals surface area contributed by atoms with Crippen LogP contribution in [0.2, 0.25) is 0 Å². The Bertz CT molecular complexity index is 602. The van der Waals surface area contributed by atoms with E-state index in [1.165, 1.54) is 18.2 Å². The molecule has 2 N–H and O–H groups in total. The van der Waals surface area contributed by atoms with Crippen LogP contribution in [0.15, 0.2) is 18.2 Å². The van der Waals surface area contributed by atoms with Crippen molar-refractivity contribution in [2.45, 2.75) is 38.8 Å². The van der Waals surface area contributed by atoms with Gasteiger partial charge in [-0.25, -0.2) is 4.39 Å². The molecule has 0 atom stereocenters. The number of aliphatic carboxylic acids is 1. The van der Waals surface area contributed by atoms with Gasteiger partial charge in [-0.2, -0.15) is 0 Å². The van der Waals surface area contributed by atoms with Crippen molar-refractivity contribution in [1.29, 1.82) is 0 Å². The van der Waals surface area contributed by atoms with Gasteiger partial charge in [-0.15, -0.1) is 0 Å². The average Bonchev–Trinajstić information content (AvgIpc) is 2.50. The van der Waals surface area contributed by atoms with Crippen molar-refractivity contribution >= 4 is 11.9 Å². The summed E-state index contributed by atoms with van der Waals surface area (Å²) in [6, 6.07) is 4.37. The number of hydrogen-bond donors (Lipinski definition) is 2. The molecule has 1 aliphatic rings. The third kappa shape index (κ3) is 4.23. The molecule has 1 amide bonds. The van der Waals surface area contributed by atoms with Crippen molar-refractivity contribution in [3.63, 3.8) is 0 Å². The minimum absolute atomic E-state index is 0.000216. The maximum absolute atomic E-state index is 13.8. The van der Waals surface area contributed by atoms with Crippen LogP contribution < -0.4 is 10.1 Å². The molecule has 0 aliphatic heterocycles. The average molecular weight is 338 g/mol. The molecule has 0 heterocycles. The lowest BCUT2D eigenvalue weighted by Crippen LogP contribution is -2.54. The van der Waals surface area contributed by atoms with Gasteiger partial charge >= 0.3 is 5.97 Å². The van der Waals surface area contributed by atoms with E-state index in [1.807, 2.05) is 11.8 Å². The number of para-hydroxylation sites is 1. The van der Waals surface area contributed by atoms with Gasteiger partial charge in [-0.3, -0.25) is 14.5 Å². The van der Waals surface area contributed by atoms with Gasteiger partial charge in [0.1, 0.15) is 0 Å². The molecule has 0 unspecified atom stereocenters. The van der Waals surface area contributed by atoms with Gasteiger partial charge in [0.05, 0.1) is 18.7 Å². The summed E-state index contributed by atoms with van der Waals surface area (Å²) < 4.78 is 19.0. The Morgan fingerprint density at radius 2 is 2.08 bits per heavy atom. The fourth-order valence-corrected chi connectivity index (χ4v) is 2.92. The maximum atomic E-state index is 13.8. The summed E-state index contributed by atoms with van der Waals surface area (Å²) >= 11 is 0. The lowest BCUT2D eigenvalue weighted by molar-refractivity contribution is -0.139. The third-order valence-corrected chi connectivity index (χ3v) is 4.21. The highest BCUT2D eigenvalue weighted by molar-refractivity contribution is 5.97. The Hall–Kier alpha value is -2.15. The topological polar surface area (TPSA) is 78.9 Å². The van der Waals surface area contributed by atoms with E-state index in [-0.39, 0.29) is 42.5 Å². The van der Waals surface area contributed by atoms with E-state index < -0.39 is 11.8 Å². The van der Waals surface area contributed by atoms with E-state index in [0.717, 1.165) is 0 Å². The van der Waals surface area contributed by atoms with Crippen molar-refractivity contribution in [2.75, 3.05) is 19.7 Å². The molecule has 0 saturated heterocycles. The number of carboxylic acids is 1. The lowest BCUT2D eigenvalue weighted by Gasteiger charge is -2.42. The zero-order chi connectivity index (χ0) is 17.7. The fourth-order valence-electron chi connectivity index (χ4n) is 2.92. The van der Waals surface area contributed by atoms with Crippen LogP contribution in [-0.4, -0.2) is 53.7 Å². The summed E-state index contributed by atoms with van der Waals surface area (Å²) in [6.45, 7) is 4.56. The number of nitrogens with zero attached hydrogens (tertiary/aromatic N) is 1. The Morgan fingerprint density at radius 1 is 1.38 bits per heavy atom. The first-order valence-electron chi connectivity index (χ1n) is 8.14. The molecular weight excluding hydrogens is 315 g/mol. The highest BCUT2D eigenvalue weighted by Gasteiger charge is 2.35. The number of halogens is 1. The van der Waals surface area contributed by atoms with E-state index in [9.17, 15) is 14.0 Å². The summed E-state index contributed by atoms with van der Waals surface area (Å²) in [5, 5.41) is 11.8. The molecule has 1 aliphatic carbocycles. The number of ether oxygens (including phenoxy) is 1. The van der Waals surface area contributed by atoms with Crippen LogP contribution in [-0.2, 0) is 4.79 Å². The van der Waals surface area contributed by atoms with Crippen LogP contribution >= 0.6 is 0 Å². The highest BCUT2D eigenvalue weighted by Crippen LogP contribution is 2.27. The molecule has 0 radical (unpaired) electrons. The van der Waals surface area contributed by atoms with Gasteiger partial charge < -0.3 is 15.2 Å². The number of benzene rings is 1. The molecule has 1 fully saturated rings. The molecular formula is C17H23FN2O4. The van der Waals surface area contributed by atoms with Crippen LogP contribution in [0, 0.1) is 5.82 Å². The molecule has 132 valence electrons. The number of rotatable bonds is 8. The van der Waals surface area contributed by atoms with Crippen LogP contribution in [0.4, 0.5) is 4.39 Å². The monoisotopic (exact) mass is 338 g/mol. The summed E-state index contributed by atoms with van der Waals surface area (Å²) in [4.78, 5) is 25.1. The second-order valence-electron chi connectivity index (χ2n) is 5.80. The minimum atomic E-state index is -0.856. The number of hydrogen-bond acceptors (Lipinski definition) is 4. The fraction of sp³-hybridized carbons (Fsp3) is 0.529. The zero-order valence-electron chi connectivity index (χ0n) is 13.9. The van der Waals surface area contributed by atoms with Crippen molar-refractivity contribution in [1.82, 2.24) is 10.2 Å². The molecule has 7 heteroatoms. The van der Waals surface area contributed by atoms with Gasteiger partial charge in [0.15, 0.2) is 11.6 Å². The maximum Gasteiger partial charge on any atom is 0.317 e. The molecule has 0 spiro atoms. The van der Waals surface area contributed by atoms with E-state index in [2.05, 4.69) is 5.32 Å². The number of carbonyl (C=O) groups excluding carboxylic acids is 1. The minimum Gasteiger partial charge on any atom is -0.490 e. The number of carboxylic acid groups (broad SMARTS) is 1. The summed E-state index contributed by atoms with van der Waals surface area (Å²) in [7, 11) is 0. The van der Waals surface area contributed by atoms with E-state index in [0.29, 0.717) is 19.4 Å². The van der Waals surface area contributed by atoms with Crippen LogP contribution in [0.25, 0.3) is 0 Å². The standard InChI is InChI=1S/C17H23FN2O4/c1-3-20(10-15(21)22)12-8-11(9-12)19-17(23)13-6-5-7-14(18)16(13)24-4-2/h5-7,11-12H,3-4,8-10H2,1-2H3,(H,19,23)(H,21,22). The molecule has 1 aromatic rings.